The molecule has 1 heterocycles. The van der Waals surface area contributed by atoms with Crippen LogP contribution < -0.4 is 5.32 Å². The van der Waals surface area contributed by atoms with Crippen LogP contribution in [0.5, 0.6) is 0 Å². The summed E-state index contributed by atoms with van der Waals surface area (Å²) in [5.74, 6) is 0.577. The Bertz CT molecular complexity index is 551. The predicted octanol–water partition coefficient (Wildman–Crippen LogP) is 3.04. The summed E-state index contributed by atoms with van der Waals surface area (Å²) in [5.41, 5.74) is 0.661. The summed E-state index contributed by atoms with van der Waals surface area (Å²) in [7, 11) is 3.69. The first-order valence-electron chi connectivity index (χ1n) is 8.45. The Hall–Kier alpha value is -0.930. The molecule has 1 fully saturated rings. The van der Waals surface area contributed by atoms with Crippen molar-refractivity contribution in [3.05, 3.63) is 35.6 Å². The zero-order chi connectivity index (χ0) is 17.4. The Labute approximate surface area is 167 Å². The number of nitrogens with one attached hydrogen (secondary N) is 1. The summed E-state index contributed by atoms with van der Waals surface area (Å²) in [6.45, 7) is 5.40. The lowest BCUT2D eigenvalue weighted by Crippen LogP contribution is -2.44. The van der Waals surface area contributed by atoms with Gasteiger partial charge in [-0.25, -0.2) is 4.39 Å². The van der Waals surface area contributed by atoms with E-state index in [-0.39, 0.29) is 35.4 Å². The molecular weight excluding hydrogens is 436 g/mol. The van der Waals surface area contributed by atoms with Crippen LogP contribution in [0.3, 0.4) is 0 Å². The fourth-order valence-electron chi connectivity index (χ4n) is 2.84. The Morgan fingerprint density at radius 1 is 1.40 bits per heavy atom. The predicted molar refractivity (Wildman–Crippen MR) is 109 cm³/mol. The number of nitrogens with zero attached hydrogens (tertiary/aromatic N) is 2. The minimum atomic E-state index is -0.251. The third-order valence-electron chi connectivity index (χ3n) is 4.36. The summed E-state index contributed by atoms with van der Waals surface area (Å²) in [6, 6.07) is 6.65. The fourth-order valence-corrected chi connectivity index (χ4v) is 2.84. The first-order valence-corrected chi connectivity index (χ1v) is 8.45. The van der Waals surface area contributed by atoms with Gasteiger partial charge < -0.3 is 19.7 Å². The van der Waals surface area contributed by atoms with E-state index in [1.54, 1.807) is 19.2 Å². The maximum atomic E-state index is 13.4. The molecule has 1 N–H and O–H groups in total. The zero-order valence-electron chi connectivity index (χ0n) is 15.3. The van der Waals surface area contributed by atoms with Crippen molar-refractivity contribution in [2.75, 3.05) is 40.5 Å². The van der Waals surface area contributed by atoms with Crippen molar-refractivity contribution in [2.45, 2.75) is 31.9 Å². The van der Waals surface area contributed by atoms with Crippen molar-refractivity contribution in [1.82, 2.24) is 10.2 Å². The number of guanidine groups is 1. The van der Waals surface area contributed by atoms with Gasteiger partial charge in [0.25, 0.3) is 0 Å². The topological polar surface area (TPSA) is 46.1 Å². The van der Waals surface area contributed by atoms with Gasteiger partial charge in [-0.05, 0) is 24.6 Å². The molecule has 2 rings (SSSR count). The summed E-state index contributed by atoms with van der Waals surface area (Å²) >= 11 is 0. The van der Waals surface area contributed by atoms with Crippen LogP contribution in [-0.2, 0) is 16.0 Å². The monoisotopic (exact) mass is 465 g/mol. The van der Waals surface area contributed by atoms with E-state index in [4.69, 9.17) is 14.5 Å². The minimum absolute atomic E-state index is 0. The molecule has 0 radical (unpaired) electrons. The molecule has 1 aromatic rings. The second-order valence-corrected chi connectivity index (χ2v) is 6.16. The van der Waals surface area contributed by atoms with Gasteiger partial charge in [-0.2, -0.15) is 0 Å². The Morgan fingerprint density at radius 2 is 2.12 bits per heavy atom. The number of methoxy groups -OCH3 is 1. The van der Waals surface area contributed by atoms with Gasteiger partial charge in [0, 0.05) is 53.3 Å². The van der Waals surface area contributed by atoms with Gasteiger partial charge in [0.2, 0.25) is 0 Å². The molecule has 5 nitrogen and oxygen atoms in total. The quantitative estimate of drug-likeness (QED) is 0.399. The molecule has 1 aliphatic heterocycles. The molecule has 0 saturated carbocycles. The number of aliphatic imine (C=N–C) groups is 1. The first kappa shape index (κ1) is 22.1. The van der Waals surface area contributed by atoms with Crippen LogP contribution in [0.15, 0.2) is 29.3 Å². The van der Waals surface area contributed by atoms with E-state index in [2.05, 4.69) is 5.32 Å². The molecule has 0 unspecified atom stereocenters. The lowest BCUT2D eigenvalue weighted by molar-refractivity contribution is -0.0829. The Balaban J connectivity index is 0.00000312. The van der Waals surface area contributed by atoms with Crippen molar-refractivity contribution in [3.8, 4) is 0 Å². The standard InChI is InChI=1S/C18H28FN3O2.HI/c1-4-20-17(21-14-18(23-3)8-10-24-11-9-18)22(2)13-15-6-5-7-16(19)12-15;/h5-7,12H,4,8-11,13-14H2,1-3H3,(H,20,21);1H. The fraction of sp³-hybridized carbons (Fsp3) is 0.611. The molecule has 1 aromatic carbocycles. The number of ether oxygens (including phenoxy) is 2. The largest absolute Gasteiger partial charge is 0.381 e. The number of hydrogen-bond acceptors (Lipinski definition) is 3. The van der Waals surface area contributed by atoms with Crippen molar-refractivity contribution in [3.63, 3.8) is 0 Å². The second-order valence-electron chi connectivity index (χ2n) is 6.16. The van der Waals surface area contributed by atoms with E-state index in [1.807, 2.05) is 24.9 Å². The summed E-state index contributed by atoms with van der Waals surface area (Å²) in [5, 5.41) is 3.29. The number of rotatable bonds is 6. The molecule has 7 heteroatoms. The average Bonchev–Trinajstić information content (AvgIpc) is 2.59. The lowest BCUT2D eigenvalue weighted by Gasteiger charge is -2.35. The molecule has 0 aromatic heterocycles. The third-order valence-corrected chi connectivity index (χ3v) is 4.36. The highest BCUT2D eigenvalue weighted by Gasteiger charge is 2.32. The van der Waals surface area contributed by atoms with Crippen LogP contribution in [-0.4, -0.2) is 56.9 Å². The van der Waals surface area contributed by atoms with E-state index < -0.39 is 0 Å². The molecule has 0 amide bonds. The van der Waals surface area contributed by atoms with Crippen LogP contribution in [0, 0.1) is 5.82 Å². The van der Waals surface area contributed by atoms with Crippen molar-refractivity contribution in [2.24, 2.45) is 4.99 Å². The number of hydrogen-bond donors (Lipinski definition) is 1. The minimum Gasteiger partial charge on any atom is -0.381 e. The van der Waals surface area contributed by atoms with Crippen molar-refractivity contribution >= 4 is 29.9 Å². The average molecular weight is 465 g/mol. The second kappa shape index (κ2) is 10.9. The van der Waals surface area contributed by atoms with Crippen LogP contribution in [0.25, 0.3) is 0 Å². The maximum Gasteiger partial charge on any atom is 0.194 e. The van der Waals surface area contributed by atoms with Crippen LogP contribution >= 0.6 is 24.0 Å². The summed E-state index contributed by atoms with van der Waals surface area (Å²) in [4.78, 5) is 6.76. The van der Waals surface area contributed by atoms with Gasteiger partial charge in [0.15, 0.2) is 5.96 Å². The third kappa shape index (κ3) is 6.71. The van der Waals surface area contributed by atoms with E-state index in [0.29, 0.717) is 26.3 Å². The van der Waals surface area contributed by atoms with Gasteiger partial charge in [-0.15, -0.1) is 24.0 Å². The van der Waals surface area contributed by atoms with E-state index in [0.717, 1.165) is 30.9 Å². The molecule has 0 aliphatic carbocycles. The van der Waals surface area contributed by atoms with Crippen LogP contribution in [0.1, 0.15) is 25.3 Å². The lowest BCUT2D eigenvalue weighted by atomic mass is 9.94. The van der Waals surface area contributed by atoms with Crippen LogP contribution in [0.4, 0.5) is 4.39 Å². The smallest absolute Gasteiger partial charge is 0.194 e. The zero-order valence-corrected chi connectivity index (χ0v) is 17.6. The van der Waals surface area contributed by atoms with Crippen molar-refractivity contribution in [1.29, 1.82) is 0 Å². The highest BCUT2D eigenvalue weighted by molar-refractivity contribution is 14.0. The summed E-state index contributed by atoms with van der Waals surface area (Å²) in [6.07, 6.45) is 1.69. The van der Waals surface area contributed by atoms with E-state index in [9.17, 15) is 4.39 Å². The van der Waals surface area contributed by atoms with Gasteiger partial charge in [-0.1, -0.05) is 12.1 Å². The van der Waals surface area contributed by atoms with Gasteiger partial charge in [0.05, 0.1) is 12.1 Å². The number of benzene rings is 1. The maximum absolute atomic E-state index is 13.4. The van der Waals surface area contributed by atoms with E-state index in [1.165, 1.54) is 6.07 Å². The molecular formula is C18H29FIN3O2. The first-order chi connectivity index (χ1) is 11.6. The number of halogens is 2. The molecule has 0 spiro atoms. The normalized spacial score (nSPS) is 16.9. The molecule has 1 aliphatic rings. The van der Waals surface area contributed by atoms with Crippen LogP contribution in [0.2, 0.25) is 0 Å². The Morgan fingerprint density at radius 3 is 2.72 bits per heavy atom. The summed E-state index contributed by atoms with van der Waals surface area (Å²) < 4.78 is 24.5. The highest BCUT2D eigenvalue weighted by atomic mass is 127. The molecule has 142 valence electrons. The van der Waals surface area contributed by atoms with Crippen molar-refractivity contribution < 1.29 is 13.9 Å². The molecule has 0 bridgehead atoms. The SMILES string of the molecule is CCNC(=NCC1(OC)CCOCC1)N(C)Cc1cccc(F)c1.I. The molecule has 1 saturated heterocycles. The molecule has 0 atom stereocenters. The highest BCUT2D eigenvalue weighted by Crippen LogP contribution is 2.24. The van der Waals surface area contributed by atoms with Gasteiger partial charge in [-0.3, -0.25) is 4.99 Å². The molecule has 25 heavy (non-hydrogen) atoms. The van der Waals surface area contributed by atoms with Gasteiger partial charge in [0.1, 0.15) is 5.82 Å². The Kier molecular flexibility index (Phi) is 9.66. The van der Waals surface area contributed by atoms with E-state index >= 15 is 0 Å². The van der Waals surface area contributed by atoms with Gasteiger partial charge >= 0.3 is 0 Å².